The van der Waals surface area contributed by atoms with E-state index in [2.05, 4.69) is 20.7 Å². The van der Waals surface area contributed by atoms with Gasteiger partial charge in [-0.05, 0) is 0 Å². The SMILES string of the molecule is C=COCC[N+](C)(C)CCO. The highest BCUT2D eigenvalue weighted by Gasteiger charge is 2.12. The first-order valence-corrected chi connectivity index (χ1v) is 3.78. The summed E-state index contributed by atoms with van der Waals surface area (Å²) >= 11 is 0. The lowest BCUT2D eigenvalue weighted by atomic mass is 10.4. The molecule has 3 heteroatoms. The summed E-state index contributed by atoms with van der Waals surface area (Å²) < 4.78 is 5.76. The molecule has 0 aromatic heterocycles. The maximum Gasteiger partial charge on any atom is 0.136 e. The van der Waals surface area contributed by atoms with Crippen molar-refractivity contribution in [2.24, 2.45) is 0 Å². The molecule has 0 aliphatic heterocycles. The van der Waals surface area contributed by atoms with Gasteiger partial charge in [0.25, 0.3) is 0 Å². The van der Waals surface area contributed by atoms with Crippen LogP contribution in [0.1, 0.15) is 0 Å². The van der Waals surface area contributed by atoms with Gasteiger partial charge in [-0.3, -0.25) is 0 Å². The largest absolute Gasteiger partial charge is 0.496 e. The van der Waals surface area contributed by atoms with E-state index in [1.165, 1.54) is 6.26 Å². The van der Waals surface area contributed by atoms with Crippen LogP contribution in [0.5, 0.6) is 0 Å². The van der Waals surface area contributed by atoms with Gasteiger partial charge in [0.2, 0.25) is 0 Å². The van der Waals surface area contributed by atoms with Crippen LogP contribution in [0.3, 0.4) is 0 Å². The Labute approximate surface area is 68.5 Å². The molecule has 0 rings (SSSR count). The van der Waals surface area contributed by atoms with E-state index >= 15 is 0 Å². The van der Waals surface area contributed by atoms with Crippen molar-refractivity contribution in [3.63, 3.8) is 0 Å². The van der Waals surface area contributed by atoms with Gasteiger partial charge < -0.3 is 14.3 Å². The average Bonchev–Trinajstić information content (AvgIpc) is 1.87. The molecule has 3 nitrogen and oxygen atoms in total. The molecule has 0 aliphatic rings. The average molecular weight is 160 g/mol. The van der Waals surface area contributed by atoms with Crippen LogP contribution < -0.4 is 0 Å². The van der Waals surface area contributed by atoms with Crippen molar-refractivity contribution < 1.29 is 14.3 Å². The molecule has 0 saturated heterocycles. The Morgan fingerprint density at radius 3 is 2.55 bits per heavy atom. The van der Waals surface area contributed by atoms with Gasteiger partial charge >= 0.3 is 0 Å². The van der Waals surface area contributed by atoms with Gasteiger partial charge in [0.1, 0.15) is 19.7 Å². The lowest BCUT2D eigenvalue weighted by Crippen LogP contribution is -2.44. The van der Waals surface area contributed by atoms with E-state index in [-0.39, 0.29) is 6.61 Å². The van der Waals surface area contributed by atoms with E-state index in [1.54, 1.807) is 0 Å². The molecule has 0 amide bonds. The second kappa shape index (κ2) is 5.16. The molecular formula is C8H18NO2+. The molecule has 11 heavy (non-hydrogen) atoms. The predicted molar refractivity (Wildman–Crippen MR) is 45.1 cm³/mol. The third kappa shape index (κ3) is 5.88. The molecule has 0 heterocycles. The smallest absolute Gasteiger partial charge is 0.136 e. The van der Waals surface area contributed by atoms with E-state index in [4.69, 9.17) is 9.84 Å². The third-order valence-electron chi connectivity index (χ3n) is 1.64. The van der Waals surface area contributed by atoms with E-state index in [0.29, 0.717) is 6.61 Å². The first-order chi connectivity index (χ1) is 5.12. The highest BCUT2D eigenvalue weighted by Crippen LogP contribution is 1.94. The number of aliphatic hydroxyl groups excluding tert-OH is 1. The maximum absolute atomic E-state index is 8.68. The van der Waals surface area contributed by atoms with Gasteiger partial charge in [-0.2, -0.15) is 0 Å². The van der Waals surface area contributed by atoms with Crippen LogP contribution in [0.15, 0.2) is 12.8 Å². The van der Waals surface area contributed by atoms with E-state index in [1.807, 2.05) is 0 Å². The third-order valence-corrected chi connectivity index (χ3v) is 1.64. The number of hydrogen-bond donors (Lipinski definition) is 1. The highest BCUT2D eigenvalue weighted by molar-refractivity contribution is 4.48. The summed E-state index contributed by atoms with van der Waals surface area (Å²) in [5.74, 6) is 0. The zero-order chi connectivity index (χ0) is 8.74. The number of ether oxygens (including phenoxy) is 1. The first-order valence-electron chi connectivity index (χ1n) is 3.78. The summed E-state index contributed by atoms with van der Waals surface area (Å²) in [6.45, 7) is 5.99. The van der Waals surface area contributed by atoms with E-state index in [9.17, 15) is 0 Å². The summed E-state index contributed by atoms with van der Waals surface area (Å²) in [7, 11) is 4.12. The molecule has 0 aromatic rings. The minimum atomic E-state index is 0.223. The fourth-order valence-electron chi connectivity index (χ4n) is 0.766. The molecule has 0 aromatic carbocycles. The summed E-state index contributed by atoms with van der Waals surface area (Å²) in [6.07, 6.45) is 1.44. The minimum Gasteiger partial charge on any atom is -0.496 e. The predicted octanol–water partition coefficient (Wildman–Crippen LogP) is 0.215. The molecule has 0 unspecified atom stereocenters. The minimum absolute atomic E-state index is 0.223. The Hall–Kier alpha value is -0.540. The van der Waals surface area contributed by atoms with Crippen molar-refractivity contribution in [1.82, 2.24) is 0 Å². The standard InChI is InChI=1S/C8H18NO2/c1-4-11-8-6-9(2,3)5-7-10/h4,10H,1,5-8H2,2-3H3/q+1. The second-order valence-electron chi connectivity index (χ2n) is 3.14. The van der Waals surface area contributed by atoms with Crippen LogP contribution in [0.2, 0.25) is 0 Å². The number of likely N-dealkylation sites (N-methyl/N-ethyl adjacent to an activating group) is 1. The fraction of sp³-hybridized carbons (Fsp3) is 0.750. The monoisotopic (exact) mass is 160 g/mol. The Kier molecular flexibility index (Phi) is 4.90. The first kappa shape index (κ1) is 10.5. The van der Waals surface area contributed by atoms with Crippen molar-refractivity contribution in [3.8, 4) is 0 Å². The number of rotatable bonds is 6. The molecule has 0 radical (unpaired) electrons. The summed E-state index contributed by atoms with van der Waals surface area (Å²) in [5.41, 5.74) is 0. The zero-order valence-corrected chi connectivity index (χ0v) is 7.42. The zero-order valence-electron chi connectivity index (χ0n) is 7.42. The number of quaternary nitrogens is 1. The van der Waals surface area contributed by atoms with Crippen LogP contribution in [-0.2, 0) is 4.74 Å². The lowest BCUT2D eigenvalue weighted by molar-refractivity contribution is -0.890. The number of hydrogen-bond acceptors (Lipinski definition) is 2. The van der Waals surface area contributed by atoms with Gasteiger partial charge in [-0.25, -0.2) is 0 Å². The van der Waals surface area contributed by atoms with Gasteiger partial charge in [0.15, 0.2) is 0 Å². The van der Waals surface area contributed by atoms with Crippen molar-refractivity contribution in [1.29, 1.82) is 0 Å². The Balaban J connectivity index is 3.45. The van der Waals surface area contributed by atoms with Gasteiger partial charge in [-0.1, -0.05) is 6.58 Å². The maximum atomic E-state index is 8.68. The van der Waals surface area contributed by atoms with Crippen molar-refractivity contribution >= 4 is 0 Å². The molecular weight excluding hydrogens is 142 g/mol. The molecule has 1 N–H and O–H groups in total. The Morgan fingerprint density at radius 1 is 1.45 bits per heavy atom. The highest BCUT2D eigenvalue weighted by atomic mass is 16.5. The molecule has 0 bridgehead atoms. The molecule has 0 atom stereocenters. The molecule has 0 saturated carbocycles. The van der Waals surface area contributed by atoms with Crippen molar-refractivity contribution in [2.45, 2.75) is 0 Å². The van der Waals surface area contributed by atoms with Crippen LogP contribution >= 0.6 is 0 Å². The second-order valence-corrected chi connectivity index (χ2v) is 3.14. The number of nitrogens with zero attached hydrogens (tertiary/aromatic N) is 1. The summed E-state index contributed by atoms with van der Waals surface area (Å²) in [6, 6.07) is 0. The van der Waals surface area contributed by atoms with Crippen molar-refractivity contribution in [2.75, 3.05) is 40.4 Å². The summed E-state index contributed by atoms with van der Waals surface area (Å²) in [4.78, 5) is 0. The molecule has 0 fully saturated rings. The number of aliphatic hydroxyl groups is 1. The van der Waals surface area contributed by atoms with Crippen LogP contribution in [0.4, 0.5) is 0 Å². The van der Waals surface area contributed by atoms with Gasteiger partial charge in [-0.15, -0.1) is 0 Å². The van der Waals surface area contributed by atoms with Crippen molar-refractivity contribution in [3.05, 3.63) is 12.8 Å². The quantitative estimate of drug-likeness (QED) is 0.342. The Morgan fingerprint density at radius 2 is 2.09 bits per heavy atom. The fourth-order valence-corrected chi connectivity index (χ4v) is 0.766. The topological polar surface area (TPSA) is 29.5 Å². The Bertz CT molecular complexity index is 113. The van der Waals surface area contributed by atoms with E-state index in [0.717, 1.165) is 17.6 Å². The molecule has 0 spiro atoms. The van der Waals surface area contributed by atoms with Gasteiger partial charge in [0.05, 0.1) is 27.0 Å². The van der Waals surface area contributed by atoms with Crippen LogP contribution in [0, 0.1) is 0 Å². The van der Waals surface area contributed by atoms with Crippen LogP contribution in [-0.4, -0.2) is 50.0 Å². The molecule has 0 aliphatic carbocycles. The van der Waals surface area contributed by atoms with E-state index < -0.39 is 0 Å². The normalized spacial score (nSPS) is 11.2. The summed E-state index contributed by atoms with van der Waals surface area (Å²) in [5, 5.41) is 8.68. The van der Waals surface area contributed by atoms with Crippen LogP contribution in [0.25, 0.3) is 0 Å². The van der Waals surface area contributed by atoms with Gasteiger partial charge in [0, 0.05) is 0 Å². The lowest BCUT2D eigenvalue weighted by Gasteiger charge is -2.28. The molecule has 66 valence electrons.